The molecule has 1 N–H and O–H groups in total. The summed E-state index contributed by atoms with van der Waals surface area (Å²) in [5.41, 5.74) is 1.01. The molecule has 0 aromatic heterocycles. The van der Waals surface area contributed by atoms with E-state index in [0.717, 1.165) is 12.0 Å². The van der Waals surface area contributed by atoms with E-state index in [1.165, 1.54) is 0 Å². The van der Waals surface area contributed by atoms with Gasteiger partial charge >= 0.3 is 0 Å². The molecule has 2 rings (SSSR count). The van der Waals surface area contributed by atoms with E-state index in [4.69, 9.17) is 23.2 Å². The summed E-state index contributed by atoms with van der Waals surface area (Å²) in [4.78, 5) is 0. The number of benzene rings is 1. The highest BCUT2D eigenvalue weighted by atomic mass is 35.5. The van der Waals surface area contributed by atoms with Crippen LogP contribution < -0.4 is 0 Å². The monoisotopic (exact) mass is 202 g/mol. The van der Waals surface area contributed by atoms with Gasteiger partial charge in [0.05, 0.1) is 0 Å². The van der Waals surface area contributed by atoms with E-state index in [1.807, 2.05) is 6.07 Å². The lowest BCUT2D eigenvalue weighted by Gasteiger charge is -2.00. The smallest absolute Gasteiger partial charge is 0.125 e. The predicted octanol–water partition coefficient (Wildman–Crippen LogP) is 3.05. The Bertz CT molecular complexity index is 309. The lowest BCUT2D eigenvalue weighted by Crippen LogP contribution is -1.88. The predicted molar refractivity (Wildman–Crippen MR) is 49.9 cm³/mol. The molecule has 0 amide bonds. The number of rotatable bonds is 1. The Labute approximate surface area is 80.9 Å². The summed E-state index contributed by atoms with van der Waals surface area (Å²) >= 11 is 11.8. The first-order valence-corrected chi connectivity index (χ1v) is 4.52. The molecule has 0 spiro atoms. The third-order valence-electron chi connectivity index (χ3n) is 2.10. The molecule has 0 bridgehead atoms. The molecule has 1 aromatic rings. The third kappa shape index (κ3) is 1.39. The van der Waals surface area contributed by atoms with Gasteiger partial charge in [0.1, 0.15) is 10.1 Å². The van der Waals surface area contributed by atoms with Crippen molar-refractivity contribution in [2.24, 2.45) is 0 Å². The maximum Gasteiger partial charge on any atom is 0.125 e. The summed E-state index contributed by atoms with van der Waals surface area (Å²) in [5.74, 6) is 0.455. The van der Waals surface area contributed by atoms with Crippen LogP contribution >= 0.6 is 23.2 Å². The van der Waals surface area contributed by atoms with E-state index in [9.17, 15) is 5.11 Å². The van der Waals surface area contributed by atoms with E-state index in [2.05, 4.69) is 0 Å². The second-order valence-corrected chi connectivity index (χ2v) is 4.66. The fourth-order valence-electron chi connectivity index (χ4n) is 1.32. The number of hydrogen-bond acceptors (Lipinski definition) is 1. The summed E-state index contributed by atoms with van der Waals surface area (Å²) in [6.07, 6.45) is 0.777. The molecule has 3 heteroatoms. The summed E-state index contributed by atoms with van der Waals surface area (Å²) in [7, 11) is 0. The van der Waals surface area contributed by atoms with Gasteiger partial charge in [0.2, 0.25) is 0 Å². The second-order valence-electron chi connectivity index (χ2n) is 3.11. The van der Waals surface area contributed by atoms with Gasteiger partial charge in [0.25, 0.3) is 0 Å². The first-order valence-electron chi connectivity index (χ1n) is 3.76. The second kappa shape index (κ2) is 2.54. The van der Waals surface area contributed by atoms with Crippen molar-refractivity contribution in [3.63, 3.8) is 0 Å². The molecule has 1 aliphatic carbocycles. The average molecular weight is 203 g/mol. The zero-order valence-electron chi connectivity index (χ0n) is 6.30. The molecule has 0 heterocycles. The Hall–Kier alpha value is -0.400. The van der Waals surface area contributed by atoms with Gasteiger partial charge in [-0.3, -0.25) is 0 Å². The lowest BCUT2D eigenvalue weighted by atomic mass is 10.1. The molecular formula is C9H8Cl2O. The zero-order chi connectivity index (χ0) is 8.77. The molecule has 1 aliphatic rings. The van der Waals surface area contributed by atoms with Gasteiger partial charge in [-0.25, -0.2) is 0 Å². The van der Waals surface area contributed by atoms with Gasteiger partial charge in [-0.2, -0.15) is 0 Å². The Balaban J connectivity index is 2.26. The molecule has 0 aliphatic heterocycles. The molecule has 0 radical (unpaired) electrons. The van der Waals surface area contributed by atoms with Crippen LogP contribution in [0.3, 0.4) is 0 Å². The van der Waals surface area contributed by atoms with Crippen molar-refractivity contribution in [3.8, 4) is 5.75 Å². The minimum atomic E-state index is -0.603. The molecule has 1 fully saturated rings. The third-order valence-corrected chi connectivity index (χ3v) is 2.93. The van der Waals surface area contributed by atoms with Crippen LogP contribution in [0, 0.1) is 0 Å². The molecule has 1 saturated carbocycles. The van der Waals surface area contributed by atoms with Gasteiger partial charge in [-0.05, 0) is 24.1 Å². The highest BCUT2D eigenvalue weighted by Gasteiger charge is 2.52. The van der Waals surface area contributed by atoms with Crippen molar-refractivity contribution in [3.05, 3.63) is 29.8 Å². The van der Waals surface area contributed by atoms with Gasteiger partial charge in [0, 0.05) is 5.92 Å². The number of aromatic hydroxyl groups is 1. The van der Waals surface area contributed by atoms with Crippen LogP contribution in [0.15, 0.2) is 24.3 Å². The van der Waals surface area contributed by atoms with Gasteiger partial charge in [0.15, 0.2) is 0 Å². The molecule has 1 aromatic carbocycles. The highest BCUT2D eigenvalue weighted by molar-refractivity contribution is 6.51. The number of halogens is 2. The Morgan fingerprint density at radius 3 is 2.58 bits per heavy atom. The average Bonchev–Trinajstić information content (AvgIpc) is 2.60. The molecule has 1 unspecified atom stereocenters. The first kappa shape index (κ1) is 8.21. The van der Waals surface area contributed by atoms with Gasteiger partial charge < -0.3 is 5.11 Å². The van der Waals surface area contributed by atoms with Crippen molar-refractivity contribution >= 4 is 23.2 Å². The number of phenolic OH excluding ortho intramolecular Hbond substituents is 1. The topological polar surface area (TPSA) is 20.2 Å². The summed E-state index contributed by atoms with van der Waals surface area (Å²) in [6, 6.07) is 7.07. The van der Waals surface area contributed by atoms with Crippen molar-refractivity contribution in [1.82, 2.24) is 0 Å². The van der Waals surface area contributed by atoms with Gasteiger partial charge in [-0.1, -0.05) is 12.1 Å². The maximum atomic E-state index is 9.17. The van der Waals surface area contributed by atoms with E-state index >= 15 is 0 Å². The van der Waals surface area contributed by atoms with E-state index in [0.29, 0.717) is 0 Å². The molecule has 1 nitrogen and oxygen atoms in total. The fraction of sp³-hybridized carbons (Fsp3) is 0.333. The quantitative estimate of drug-likeness (QED) is 0.695. The minimum absolute atomic E-state index is 0.188. The van der Waals surface area contributed by atoms with E-state index < -0.39 is 4.33 Å². The van der Waals surface area contributed by atoms with Crippen molar-refractivity contribution in [1.29, 1.82) is 0 Å². The van der Waals surface area contributed by atoms with Crippen LogP contribution in [0.5, 0.6) is 5.75 Å². The summed E-state index contributed by atoms with van der Waals surface area (Å²) in [6.45, 7) is 0. The van der Waals surface area contributed by atoms with Gasteiger partial charge in [-0.15, -0.1) is 23.2 Å². The normalized spacial score (nSPS) is 25.3. The number of phenols is 1. The molecule has 0 saturated heterocycles. The number of alkyl halides is 2. The molecular weight excluding hydrogens is 195 g/mol. The largest absolute Gasteiger partial charge is 0.508 e. The lowest BCUT2D eigenvalue weighted by molar-refractivity contribution is 0.474. The van der Waals surface area contributed by atoms with Crippen LogP contribution in [0.2, 0.25) is 0 Å². The van der Waals surface area contributed by atoms with Crippen molar-refractivity contribution in [2.75, 3.05) is 0 Å². The fourth-order valence-corrected chi connectivity index (χ4v) is 1.88. The van der Waals surface area contributed by atoms with Crippen LogP contribution in [-0.2, 0) is 0 Å². The van der Waals surface area contributed by atoms with Crippen molar-refractivity contribution < 1.29 is 5.11 Å². The first-order chi connectivity index (χ1) is 5.59. The number of hydrogen-bond donors (Lipinski definition) is 1. The Morgan fingerprint density at radius 1 is 1.42 bits per heavy atom. The van der Waals surface area contributed by atoms with Crippen LogP contribution in [0.1, 0.15) is 17.9 Å². The molecule has 1 atom stereocenters. The standard InChI is InChI=1S/C9H8Cl2O/c10-9(11)5-8(9)6-2-1-3-7(12)4-6/h1-4,8,12H,5H2. The van der Waals surface area contributed by atoms with E-state index in [1.54, 1.807) is 18.2 Å². The Kier molecular flexibility index (Phi) is 1.74. The van der Waals surface area contributed by atoms with Crippen LogP contribution in [0.25, 0.3) is 0 Å². The summed E-state index contributed by atoms with van der Waals surface area (Å²) in [5, 5.41) is 9.17. The SMILES string of the molecule is Oc1cccc(C2CC2(Cl)Cl)c1. The molecule has 64 valence electrons. The highest BCUT2D eigenvalue weighted by Crippen LogP contribution is 2.59. The minimum Gasteiger partial charge on any atom is -0.508 e. The maximum absolute atomic E-state index is 9.17. The van der Waals surface area contributed by atoms with Crippen LogP contribution in [-0.4, -0.2) is 9.44 Å². The van der Waals surface area contributed by atoms with Crippen LogP contribution in [0.4, 0.5) is 0 Å². The summed E-state index contributed by atoms with van der Waals surface area (Å²) < 4.78 is -0.603. The van der Waals surface area contributed by atoms with E-state index in [-0.39, 0.29) is 11.7 Å². The Morgan fingerprint density at radius 2 is 2.08 bits per heavy atom. The molecule has 12 heavy (non-hydrogen) atoms. The van der Waals surface area contributed by atoms with Crippen molar-refractivity contribution in [2.45, 2.75) is 16.7 Å². The zero-order valence-corrected chi connectivity index (χ0v) is 7.81.